The molecule has 2 heteroatoms. The highest BCUT2D eigenvalue weighted by Gasteiger charge is 2.54. The lowest BCUT2D eigenvalue weighted by Gasteiger charge is -2.56. The topological polar surface area (TPSA) is 18.5 Å². The van der Waals surface area contributed by atoms with Gasteiger partial charge in [0, 0.05) is 5.41 Å². The van der Waals surface area contributed by atoms with Crippen LogP contribution in [0, 0.1) is 35.0 Å². The van der Waals surface area contributed by atoms with Crippen LogP contribution in [0.15, 0.2) is 147 Å². The summed E-state index contributed by atoms with van der Waals surface area (Å²) >= 11 is 0. The second kappa shape index (κ2) is 42.1. The number of ether oxygens (including phenoxy) is 2. The van der Waals surface area contributed by atoms with E-state index in [9.17, 15) is 0 Å². The Morgan fingerprint density at radius 2 is 1.02 bits per heavy atom. The molecule has 0 aliphatic rings. The maximum Gasteiger partial charge on any atom is 0.0644 e. The molecule has 0 heterocycles. The summed E-state index contributed by atoms with van der Waals surface area (Å²) in [5.41, 5.74) is 1.30. The maximum atomic E-state index is 6.15. The first-order valence-corrected chi connectivity index (χ1v) is 24.7. The van der Waals surface area contributed by atoms with Crippen molar-refractivity contribution in [2.45, 2.75) is 164 Å². The van der Waals surface area contributed by atoms with Crippen LogP contribution in [0.1, 0.15) is 164 Å². The van der Waals surface area contributed by atoms with E-state index in [4.69, 9.17) is 9.47 Å². The quantitative estimate of drug-likeness (QED) is 0.0450. The zero-order valence-corrected chi connectivity index (χ0v) is 40.7. The minimum Gasteiger partial charge on any atom is -0.381 e. The van der Waals surface area contributed by atoms with Gasteiger partial charge in [-0.15, -0.1) is 26.3 Å². The summed E-state index contributed by atoms with van der Waals surface area (Å²) in [7, 11) is 0. The normalized spacial score (nSPS) is 16.0. The van der Waals surface area contributed by atoms with Crippen LogP contribution in [-0.2, 0) is 9.47 Å². The van der Waals surface area contributed by atoms with E-state index in [0.29, 0.717) is 25.0 Å². The largest absolute Gasteiger partial charge is 0.381 e. The van der Waals surface area contributed by atoms with Crippen molar-refractivity contribution in [3.05, 3.63) is 153 Å². The molecule has 0 saturated heterocycles. The van der Waals surface area contributed by atoms with Gasteiger partial charge >= 0.3 is 0 Å². The lowest BCUT2D eigenvalue weighted by Crippen LogP contribution is -2.49. The molecule has 0 aliphatic carbocycles. The van der Waals surface area contributed by atoms with Gasteiger partial charge in [-0.05, 0) is 159 Å². The van der Waals surface area contributed by atoms with E-state index in [0.717, 1.165) is 135 Å². The molecule has 5 atom stereocenters. The van der Waals surface area contributed by atoms with Gasteiger partial charge in [-0.25, -0.2) is 0 Å². The molecule has 0 aromatic carbocycles. The van der Waals surface area contributed by atoms with E-state index in [1.54, 1.807) is 11.5 Å². The molecule has 0 N–H and O–H groups in total. The van der Waals surface area contributed by atoms with Crippen molar-refractivity contribution in [1.29, 1.82) is 0 Å². The van der Waals surface area contributed by atoms with E-state index >= 15 is 0 Å². The highest BCUT2D eigenvalue weighted by Crippen LogP contribution is 2.62. The zero-order valence-electron chi connectivity index (χ0n) is 40.7. The van der Waals surface area contributed by atoms with Crippen molar-refractivity contribution >= 4 is 0 Å². The lowest BCUT2D eigenvalue weighted by molar-refractivity contribution is 0.119. The Balaban J connectivity index is 8.99. The Bertz CT molecular complexity index is 1320. The van der Waals surface area contributed by atoms with E-state index in [-0.39, 0.29) is 17.3 Å². The monoisotopic (exact) mass is 836 g/mol. The molecule has 0 fully saturated rings. The molecule has 1 radical (unpaired) electrons. The highest BCUT2D eigenvalue weighted by molar-refractivity contribution is 5.37. The van der Waals surface area contributed by atoms with Gasteiger partial charge in [0.2, 0.25) is 0 Å². The molecular weight excluding hydrogens is 741 g/mol. The fourth-order valence-electron chi connectivity index (χ4n) is 8.90. The summed E-state index contributed by atoms with van der Waals surface area (Å²) in [6, 6.07) is 0. The maximum absolute atomic E-state index is 6.15. The van der Waals surface area contributed by atoms with Gasteiger partial charge < -0.3 is 9.47 Å². The van der Waals surface area contributed by atoms with Crippen LogP contribution in [0.3, 0.4) is 0 Å². The third kappa shape index (κ3) is 24.9. The standard InChI is InChI=1S/C59H95O2/c1-11-21-31-41-53(40-26-16-6)58(54(42-32-22-12-2)43-33-23-13-3)59(55(39-19-9)45-34-24-14-4,56(44-27-17-7)46-35-25-15-5)57(48-38-52-60-49-20-10)47-36-29-30-37-51-61-50-28-18-8/h12,16,18-21,23-25,27,29-31,33-35,39,44,48,53-56H,2,6,8,10-11,13-15,17,22,26,28,32,36-38,40-43,45-47,49-52H2,1,3-5,7,9H3/b30-29+,31-21+,33-23+,34-24+,35-25+,39-19+,44-27+,57-48+. The van der Waals surface area contributed by atoms with Gasteiger partial charge in [0.05, 0.1) is 26.4 Å². The van der Waals surface area contributed by atoms with Gasteiger partial charge in [0.25, 0.3) is 0 Å². The summed E-state index contributed by atoms with van der Waals surface area (Å²) in [6.07, 6.45) is 64.4. The van der Waals surface area contributed by atoms with Gasteiger partial charge in [0.15, 0.2) is 0 Å². The van der Waals surface area contributed by atoms with Gasteiger partial charge in [-0.1, -0.05) is 156 Å². The molecule has 0 rings (SSSR count). The number of rotatable bonds is 42. The second-order valence-corrected chi connectivity index (χ2v) is 16.2. The first-order valence-electron chi connectivity index (χ1n) is 24.7. The molecule has 0 spiro atoms. The molecule has 0 aliphatic heterocycles. The van der Waals surface area contributed by atoms with Crippen LogP contribution < -0.4 is 0 Å². The van der Waals surface area contributed by atoms with Crippen LogP contribution in [0.4, 0.5) is 0 Å². The first-order chi connectivity index (χ1) is 30.0. The fraction of sp³-hybridized carbons (Fsp3) is 0.576. The minimum absolute atomic E-state index is 0.248. The Morgan fingerprint density at radius 3 is 1.57 bits per heavy atom. The Hall–Kier alpha value is -3.20. The van der Waals surface area contributed by atoms with E-state index < -0.39 is 0 Å². The molecule has 343 valence electrons. The van der Waals surface area contributed by atoms with Crippen LogP contribution >= 0.6 is 0 Å². The predicted molar refractivity (Wildman–Crippen MR) is 276 cm³/mol. The molecule has 5 unspecified atom stereocenters. The van der Waals surface area contributed by atoms with Crippen molar-refractivity contribution in [3.63, 3.8) is 0 Å². The summed E-state index contributed by atoms with van der Waals surface area (Å²) < 4.78 is 12.0. The van der Waals surface area contributed by atoms with E-state index in [2.05, 4.69) is 171 Å². The van der Waals surface area contributed by atoms with Gasteiger partial charge in [-0.2, -0.15) is 0 Å². The summed E-state index contributed by atoms with van der Waals surface area (Å²) in [4.78, 5) is 0. The number of unbranched alkanes of at least 4 members (excludes halogenated alkanes) is 1. The molecular formula is C59H95O2. The van der Waals surface area contributed by atoms with Gasteiger partial charge in [0.1, 0.15) is 0 Å². The number of hydrogen-bond donors (Lipinski definition) is 0. The van der Waals surface area contributed by atoms with E-state index in [1.165, 1.54) is 0 Å². The number of hydrogen-bond acceptors (Lipinski definition) is 2. The minimum atomic E-state index is -0.279. The van der Waals surface area contributed by atoms with Crippen molar-refractivity contribution in [3.8, 4) is 0 Å². The van der Waals surface area contributed by atoms with Crippen molar-refractivity contribution in [2.75, 3.05) is 26.4 Å². The predicted octanol–water partition coefficient (Wildman–Crippen LogP) is 18.1. The molecule has 61 heavy (non-hydrogen) atoms. The lowest BCUT2D eigenvalue weighted by atomic mass is 9.47. The summed E-state index contributed by atoms with van der Waals surface area (Å²) in [6.45, 7) is 32.6. The van der Waals surface area contributed by atoms with Crippen LogP contribution in [-0.4, -0.2) is 26.4 Å². The molecule has 0 aromatic rings. The fourth-order valence-corrected chi connectivity index (χ4v) is 8.90. The van der Waals surface area contributed by atoms with Crippen molar-refractivity contribution < 1.29 is 9.47 Å². The first kappa shape index (κ1) is 57.8. The Morgan fingerprint density at radius 1 is 0.492 bits per heavy atom. The van der Waals surface area contributed by atoms with Crippen molar-refractivity contribution in [1.82, 2.24) is 0 Å². The third-order valence-corrected chi connectivity index (χ3v) is 11.5. The van der Waals surface area contributed by atoms with E-state index in [1.807, 2.05) is 12.2 Å². The molecule has 2 nitrogen and oxygen atoms in total. The molecule has 0 bridgehead atoms. The zero-order chi connectivity index (χ0) is 45.1. The molecule has 0 aromatic heterocycles. The SMILES string of the molecule is C=CCCCC(C/C=C/CC)[C](C(C/C=C/CC)CCC=C)C(/C(=C/CCOCC=C)CC/C=C/CCOCCC=C)(C(/C=C/C)C/C=C/CC)C(/C=C/CC)C/C=C/CC. The average Bonchev–Trinajstić information content (AvgIpc) is 3.26. The number of allylic oxidation sites excluding steroid dienone is 16. The molecule has 0 saturated carbocycles. The van der Waals surface area contributed by atoms with Crippen molar-refractivity contribution in [2.24, 2.45) is 29.1 Å². The second-order valence-electron chi connectivity index (χ2n) is 16.2. The van der Waals surface area contributed by atoms with Gasteiger partial charge in [-0.3, -0.25) is 0 Å². The smallest absolute Gasteiger partial charge is 0.0644 e. The van der Waals surface area contributed by atoms with Crippen LogP contribution in [0.25, 0.3) is 0 Å². The summed E-state index contributed by atoms with van der Waals surface area (Å²) in [5.74, 6) is 3.04. The Labute approximate surface area is 380 Å². The van der Waals surface area contributed by atoms with Crippen LogP contribution in [0.2, 0.25) is 0 Å². The summed E-state index contributed by atoms with van der Waals surface area (Å²) in [5, 5.41) is 0. The molecule has 0 amide bonds. The van der Waals surface area contributed by atoms with Crippen LogP contribution in [0.5, 0.6) is 0 Å². The third-order valence-electron chi connectivity index (χ3n) is 11.5. The highest BCUT2D eigenvalue weighted by atomic mass is 16.5. The Kier molecular flexibility index (Phi) is 39.9. The average molecular weight is 836 g/mol.